The fourth-order valence-electron chi connectivity index (χ4n) is 2.74. The number of ether oxygens (including phenoxy) is 1. The average Bonchev–Trinajstić information content (AvgIpc) is 3.04. The normalized spacial score (nSPS) is 14.1. The second-order valence-corrected chi connectivity index (χ2v) is 6.08. The topological polar surface area (TPSA) is 55.6 Å². The van der Waals surface area contributed by atoms with Gasteiger partial charge in [0.1, 0.15) is 11.5 Å². The van der Waals surface area contributed by atoms with Crippen LogP contribution in [0.5, 0.6) is 11.5 Å². The van der Waals surface area contributed by atoms with E-state index in [1.165, 1.54) is 6.07 Å². The fraction of sp³-hybridized carbons (Fsp3) is 0.294. The van der Waals surface area contributed by atoms with Crippen LogP contribution in [0.15, 0.2) is 36.4 Å². The molecule has 0 amide bonds. The maximum atomic E-state index is 11.2. The van der Waals surface area contributed by atoms with Crippen LogP contribution >= 0.6 is 11.6 Å². The summed E-state index contributed by atoms with van der Waals surface area (Å²) >= 11 is 5.95. The molecule has 0 radical (unpaired) electrons. The van der Waals surface area contributed by atoms with Gasteiger partial charge in [0.2, 0.25) is 0 Å². The molecule has 0 aromatic heterocycles. The number of non-ortho nitro benzene ring substituents is 1. The molecule has 0 unspecified atom stereocenters. The summed E-state index contributed by atoms with van der Waals surface area (Å²) in [6.45, 7) is 3.72. The van der Waals surface area contributed by atoms with Crippen LogP contribution in [0.4, 0.5) is 11.4 Å². The number of nitro benzene ring substituents is 1. The largest absolute Gasteiger partial charge is 0.457 e. The summed E-state index contributed by atoms with van der Waals surface area (Å²) in [4.78, 5) is 13.0. The van der Waals surface area contributed by atoms with Gasteiger partial charge in [-0.2, -0.15) is 0 Å². The number of nitro groups is 1. The zero-order valence-electron chi connectivity index (χ0n) is 12.8. The molecular weight excluding hydrogens is 316 g/mol. The van der Waals surface area contributed by atoms with Gasteiger partial charge >= 0.3 is 0 Å². The van der Waals surface area contributed by atoms with E-state index < -0.39 is 0 Å². The third-order valence-corrected chi connectivity index (χ3v) is 4.16. The van der Waals surface area contributed by atoms with Crippen molar-refractivity contribution in [3.8, 4) is 11.5 Å². The molecule has 1 fully saturated rings. The summed E-state index contributed by atoms with van der Waals surface area (Å²) in [5, 5.41) is 11.8. The molecule has 0 atom stereocenters. The number of hydrogen-bond donors (Lipinski definition) is 0. The molecule has 0 spiro atoms. The Morgan fingerprint density at radius 3 is 2.57 bits per heavy atom. The standard InChI is InChI=1S/C17H17ClN2O3/c1-12-8-13(18)4-5-17(12)23-16-10-14(19-6-2-3-7-19)9-15(11-16)20(21)22/h4-5,8-11H,2-3,6-7H2,1H3. The SMILES string of the molecule is Cc1cc(Cl)ccc1Oc1cc(N2CCCC2)cc([N+](=O)[O-])c1. The Kier molecular flexibility index (Phi) is 4.39. The summed E-state index contributed by atoms with van der Waals surface area (Å²) in [5.74, 6) is 1.11. The number of benzene rings is 2. The van der Waals surface area contributed by atoms with E-state index >= 15 is 0 Å². The van der Waals surface area contributed by atoms with Gasteiger partial charge in [0.15, 0.2) is 0 Å². The lowest BCUT2D eigenvalue weighted by atomic mass is 10.2. The highest BCUT2D eigenvalue weighted by Crippen LogP contribution is 2.34. The number of anilines is 1. The van der Waals surface area contributed by atoms with Crippen molar-refractivity contribution in [2.75, 3.05) is 18.0 Å². The first kappa shape index (κ1) is 15.6. The van der Waals surface area contributed by atoms with E-state index in [4.69, 9.17) is 16.3 Å². The summed E-state index contributed by atoms with van der Waals surface area (Å²) in [5.41, 5.74) is 1.75. The first-order valence-electron chi connectivity index (χ1n) is 7.51. The summed E-state index contributed by atoms with van der Waals surface area (Å²) < 4.78 is 5.87. The number of nitrogens with zero attached hydrogens (tertiary/aromatic N) is 2. The van der Waals surface area contributed by atoms with Gasteiger partial charge in [0.05, 0.1) is 11.0 Å². The van der Waals surface area contributed by atoms with E-state index in [1.54, 1.807) is 24.3 Å². The number of halogens is 1. The van der Waals surface area contributed by atoms with Crippen molar-refractivity contribution in [1.82, 2.24) is 0 Å². The molecule has 120 valence electrons. The van der Waals surface area contributed by atoms with Crippen LogP contribution in [0.3, 0.4) is 0 Å². The summed E-state index contributed by atoms with van der Waals surface area (Å²) in [6.07, 6.45) is 2.21. The number of aryl methyl sites for hydroxylation is 1. The Morgan fingerprint density at radius 1 is 1.17 bits per heavy atom. The van der Waals surface area contributed by atoms with Crippen molar-refractivity contribution in [2.45, 2.75) is 19.8 Å². The van der Waals surface area contributed by atoms with Gasteiger partial charge in [-0.05, 0) is 43.5 Å². The van der Waals surface area contributed by atoms with Gasteiger partial charge in [-0.1, -0.05) is 11.6 Å². The quantitative estimate of drug-likeness (QED) is 0.587. The summed E-state index contributed by atoms with van der Waals surface area (Å²) in [6, 6.07) is 10.2. The van der Waals surface area contributed by atoms with Crippen LogP contribution in [-0.4, -0.2) is 18.0 Å². The van der Waals surface area contributed by atoms with Crippen LogP contribution < -0.4 is 9.64 Å². The second kappa shape index (κ2) is 6.46. The molecular formula is C17H17ClN2O3. The van der Waals surface area contributed by atoms with Gasteiger partial charge in [0.25, 0.3) is 5.69 Å². The molecule has 0 saturated carbocycles. The highest BCUT2D eigenvalue weighted by atomic mass is 35.5. The molecule has 2 aromatic carbocycles. The van der Waals surface area contributed by atoms with Crippen LogP contribution in [0.25, 0.3) is 0 Å². The minimum atomic E-state index is -0.388. The van der Waals surface area contributed by atoms with Crippen molar-refractivity contribution >= 4 is 23.0 Å². The first-order valence-corrected chi connectivity index (χ1v) is 7.89. The van der Waals surface area contributed by atoms with Crippen molar-refractivity contribution in [1.29, 1.82) is 0 Å². The molecule has 1 aliphatic heterocycles. The molecule has 23 heavy (non-hydrogen) atoms. The Balaban J connectivity index is 1.95. The molecule has 1 heterocycles. The van der Waals surface area contributed by atoms with Gasteiger partial charge in [-0.3, -0.25) is 10.1 Å². The average molecular weight is 333 g/mol. The zero-order valence-corrected chi connectivity index (χ0v) is 13.5. The highest BCUT2D eigenvalue weighted by molar-refractivity contribution is 6.30. The van der Waals surface area contributed by atoms with Crippen molar-refractivity contribution in [2.24, 2.45) is 0 Å². The maximum absolute atomic E-state index is 11.2. The smallest absolute Gasteiger partial charge is 0.275 e. The van der Waals surface area contributed by atoms with E-state index in [-0.39, 0.29) is 10.6 Å². The Morgan fingerprint density at radius 2 is 1.91 bits per heavy atom. The molecule has 6 heteroatoms. The fourth-order valence-corrected chi connectivity index (χ4v) is 2.97. The second-order valence-electron chi connectivity index (χ2n) is 5.65. The third kappa shape index (κ3) is 3.56. The Labute approximate surface area is 139 Å². The van der Waals surface area contributed by atoms with Crippen molar-refractivity contribution < 1.29 is 9.66 Å². The molecule has 2 aromatic rings. The zero-order chi connectivity index (χ0) is 16.4. The highest BCUT2D eigenvalue weighted by Gasteiger charge is 2.18. The van der Waals surface area contributed by atoms with E-state index in [2.05, 4.69) is 4.90 Å². The summed E-state index contributed by atoms with van der Waals surface area (Å²) in [7, 11) is 0. The van der Waals surface area contributed by atoms with E-state index in [1.807, 2.05) is 13.0 Å². The minimum absolute atomic E-state index is 0.0380. The first-order chi connectivity index (χ1) is 11.0. The number of hydrogen-bond acceptors (Lipinski definition) is 4. The Hall–Kier alpha value is -2.27. The van der Waals surface area contributed by atoms with Crippen LogP contribution in [0.1, 0.15) is 18.4 Å². The van der Waals surface area contributed by atoms with Gasteiger partial charge < -0.3 is 9.64 Å². The lowest BCUT2D eigenvalue weighted by molar-refractivity contribution is -0.384. The van der Waals surface area contributed by atoms with E-state index in [9.17, 15) is 10.1 Å². The predicted molar refractivity (Wildman–Crippen MR) is 90.8 cm³/mol. The third-order valence-electron chi connectivity index (χ3n) is 3.92. The molecule has 0 aliphatic carbocycles. The van der Waals surface area contributed by atoms with E-state index in [0.717, 1.165) is 37.2 Å². The maximum Gasteiger partial charge on any atom is 0.275 e. The van der Waals surface area contributed by atoms with Crippen LogP contribution in [-0.2, 0) is 0 Å². The van der Waals surface area contributed by atoms with Gasteiger partial charge in [-0.25, -0.2) is 0 Å². The van der Waals surface area contributed by atoms with E-state index in [0.29, 0.717) is 16.5 Å². The van der Waals surface area contributed by atoms with Crippen molar-refractivity contribution in [3.05, 3.63) is 57.1 Å². The van der Waals surface area contributed by atoms with Crippen LogP contribution in [0, 0.1) is 17.0 Å². The Bertz CT molecular complexity index is 743. The molecule has 1 saturated heterocycles. The monoisotopic (exact) mass is 332 g/mol. The molecule has 3 rings (SSSR count). The van der Waals surface area contributed by atoms with Crippen LogP contribution in [0.2, 0.25) is 5.02 Å². The molecule has 5 nitrogen and oxygen atoms in total. The lowest BCUT2D eigenvalue weighted by Gasteiger charge is -2.18. The van der Waals surface area contributed by atoms with Gasteiger partial charge in [0, 0.05) is 35.9 Å². The predicted octanol–water partition coefficient (Wildman–Crippen LogP) is 4.95. The minimum Gasteiger partial charge on any atom is -0.457 e. The van der Waals surface area contributed by atoms with Crippen molar-refractivity contribution in [3.63, 3.8) is 0 Å². The lowest BCUT2D eigenvalue weighted by Crippen LogP contribution is -2.17. The molecule has 1 aliphatic rings. The molecule has 0 N–H and O–H groups in total. The number of rotatable bonds is 4. The van der Waals surface area contributed by atoms with Gasteiger partial charge in [-0.15, -0.1) is 0 Å². The molecule has 0 bridgehead atoms.